The molecule has 0 spiro atoms. The fourth-order valence-corrected chi connectivity index (χ4v) is 4.83. The van der Waals surface area contributed by atoms with Crippen LogP contribution in [0.15, 0.2) is 71.3 Å². The minimum absolute atomic E-state index is 0.0502. The van der Waals surface area contributed by atoms with Crippen molar-refractivity contribution in [2.45, 2.75) is 0 Å². The summed E-state index contributed by atoms with van der Waals surface area (Å²) in [6.07, 6.45) is 2.11. The Kier molecular flexibility index (Phi) is 4.36. The lowest BCUT2D eigenvalue weighted by Gasteiger charge is -2.09. The summed E-state index contributed by atoms with van der Waals surface area (Å²) in [6.45, 7) is -0.0502. The molecule has 6 N–H and O–H groups in total. The Bertz CT molecular complexity index is 1600. The summed E-state index contributed by atoms with van der Waals surface area (Å²) in [5.41, 5.74) is 11.5. The van der Waals surface area contributed by atoms with Gasteiger partial charge >= 0.3 is 0 Å². The Hall–Kier alpha value is -3.52. The number of quaternary nitrogens is 1. The van der Waals surface area contributed by atoms with E-state index in [0.717, 1.165) is 59.7 Å². The summed E-state index contributed by atoms with van der Waals surface area (Å²) in [5.74, 6) is 0.624. The van der Waals surface area contributed by atoms with Crippen LogP contribution in [0.4, 0.5) is 11.4 Å². The molecule has 1 aliphatic heterocycles. The van der Waals surface area contributed by atoms with E-state index < -0.39 is 0 Å². The van der Waals surface area contributed by atoms with Crippen molar-refractivity contribution >= 4 is 71.4 Å². The Morgan fingerprint density at radius 1 is 1.03 bits per heavy atom. The molecule has 0 saturated heterocycles. The number of hydrogen-bond donors (Lipinski definition) is 4. The van der Waals surface area contributed by atoms with Gasteiger partial charge in [-0.2, -0.15) is 0 Å². The van der Waals surface area contributed by atoms with Crippen molar-refractivity contribution in [3.8, 4) is 0 Å². The van der Waals surface area contributed by atoms with E-state index >= 15 is 0 Å². The van der Waals surface area contributed by atoms with E-state index in [1.165, 1.54) is 5.69 Å². The number of imidazole rings is 1. The van der Waals surface area contributed by atoms with E-state index in [0.29, 0.717) is 0 Å². The van der Waals surface area contributed by atoms with Gasteiger partial charge in [-0.05, 0) is 35.0 Å². The molecule has 7 heteroatoms. The quantitative estimate of drug-likeness (QED) is 0.228. The van der Waals surface area contributed by atoms with Gasteiger partial charge in [0.2, 0.25) is 5.91 Å². The molecule has 0 fully saturated rings. The van der Waals surface area contributed by atoms with Crippen molar-refractivity contribution in [2.24, 2.45) is 5.73 Å². The number of anilines is 1. The molecule has 32 heavy (non-hydrogen) atoms. The summed E-state index contributed by atoms with van der Waals surface area (Å²) < 4.78 is 1.04. The van der Waals surface area contributed by atoms with Crippen LogP contribution in [0.3, 0.4) is 0 Å². The van der Waals surface area contributed by atoms with Crippen LogP contribution in [-0.2, 0) is 4.79 Å². The van der Waals surface area contributed by atoms with Crippen molar-refractivity contribution < 1.29 is 10.1 Å². The first-order chi connectivity index (χ1) is 15.6. The third-order valence-electron chi connectivity index (χ3n) is 5.92. The van der Waals surface area contributed by atoms with Gasteiger partial charge in [0.25, 0.3) is 0 Å². The predicted molar refractivity (Wildman–Crippen MR) is 132 cm³/mol. The summed E-state index contributed by atoms with van der Waals surface area (Å²) in [5, 5.41) is 9.23. The third-order valence-corrected chi connectivity index (χ3v) is 6.42. The fourth-order valence-electron chi connectivity index (χ4n) is 4.47. The number of nitrogens with zero attached hydrogens (tertiary/aromatic N) is 1. The maximum Gasteiger partial charge on any atom is 0.238 e. The van der Waals surface area contributed by atoms with Crippen molar-refractivity contribution in [2.75, 3.05) is 11.9 Å². The van der Waals surface area contributed by atoms with Gasteiger partial charge in [-0.15, -0.1) is 0 Å². The number of carbonyl (C=O) groups is 1. The molecule has 0 bridgehead atoms. The van der Waals surface area contributed by atoms with Crippen molar-refractivity contribution in [3.63, 3.8) is 0 Å². The molecule has 6 rings (SSSR count). The van der Waals surface area contributed by atoms with Gasteiger partial charge in [-0.1, -0.05) is 46.3 Å². The number of nitrogens with two attached hydrogens (primary N) is 2. The van der Waals surface area contributed by atoms with Crippen LogP contribution >= 0.6 is 15.9 Å². The van der Waals surface area contributed by atoms with E-state index in [-0.39, 0.29) is 12.5 Å². The number of aromatic nitrogens is 2. The summed E-state index contributed by atoms with van der Waals surface area (Å²) in [4.78, 5) is 20.4. The fraction of sp³-hybridized carbons (Fsp3) is 0.0400. The van der Waals surface area contributed by atoms with E-state index in [4.69, 9.17) is 10.7 Å². The molecule has 6 nitrogen and oxygen atoms in total. The highest BCUT2D eigenvalue weighted by molar-refractivity contribution is 9.10. The number of rotatable bonds is 3. The maximum absolute atomic E-state index is 11.8. The Balaban J connectivity index is 1.60. The summed E-state index contributed by atoms with van der Waals surface area (Å²) in [7, 11) is 0. The zero-order chi connectivity index (χ0) is 21.8. The van der Waals surface area contributed by atoms with E-state index in [9.17, 15) is 4.79 Å². The number of H-pyrrole nitrogens is 1. The molecule has 0 saturated carbocycles. The van der Waals surface area contributed by atoms with Crippen LogP contribution in [0.1, 0.15) is 11.4 Å². The van der Waals surface area contributed by atoms with E-state index in [1.54, 1.807) is 0 Å². The molecule has 4 aromatic carbocycles. The lowest BCUT2D eigenvalue weighted by atomic mass is 9.99. The number of hydrogen-bond acceptors (Lipinski definition) is 3. The van der Waals surface area contributed by atoms with Crippen LogP contribution in [0.25, 0.3) is 38.2 Å². The molecule has 0 unspecified atom stereocenters. The standard InChI is InChI=1S/C25H18BrN5O/c26-13-5-8-21-19(9-13)20(12-28-21)25-30-23-16-4-2-1-3-15(16)18-10-14(29-22(32)11-27)6-7-17(18)24(23)31-25/h1-10,12,28H,11,27H2,(H,29,32)(H,30,31)/p+1. The lowest BCUT2D eigenvalue weighted by Crippen LogP contribution is -2.69. The third kappa shape index (κ3) is 2.94. The number of fused-ring (bicyclic) bond motifs is 7. The zero-order valence-electron chi connectivity index (χ0n) is 16.9. The second-order valence-electron chi connectivity index (χ2n) is 7.85. The van der Waals surface area contributed by atoms with Crippen LogP contribution in [0, 0.1) is 0 Å². The van der Waals surface area contributed by atoms with Crippen LogP contribution < -0.4 is 16.4 Å². The molecule has 1 aliphatic rings. The molecule has 0 aliphatic carbocycles. The minimum atomic E-state index is -0.215. The van der Waals surface area contributed by atoms with Crippen LogP contribution in [0.2, 0.25) is 0 Å². The molecular formula is C25H19BrN5O+. The van der Waals surface area contributed by atoms with E-state index in [1.807, 2.05) is 36.4 Å². The van der Waals surface area contributed by atoms with Crippen LogP contribution in [0.5, 0.6) is 0 Å². The van der Waals surface area contributed by atoms with Gasteiger partial charge in [-0.3, -0.25) is 10.1 Å². The molecule has 1 aromatic heterocycles. The highest BCUT2D eigenvalue weighted by Crippen LogP contribution is 2.38. The number of carbonyl (C=O) groups excluding carboxylic acids is 1. The zero-order valence-corrected chi connectivity index (χ0v) is 18.5. The summed E-state index contributed by atoms with van der Waals surface area (Å²) >= 11 is 3.58. The number of amides is 1. The first-order valence-electron chi connectivity index (χ1n) is 10.3. The van der Waals surface area contributed by atoms with Crippen molar-refractivity contribution in [1.29, 1.82) is 0 Å². The summed E-state index contributed by atoms with van der Waals surface area (Å²) in [6, 6.07) is 20.4. The first kappa shape index (κ1) is 19.2. The molecule has 0 radical (unpaired) electrons. The molecule has 5 aromatic rings. The van der Waals surface area contributed by atoms with Gasteiger partial charge in [0.15, 0.2) is 0 Å². The predicted octanol–water partition coefficient (Wildman–Crippen LogP) is 4.13. The monoisotopic (exact) mass is 484 g/mol. The van der Waals surface area contributed by atoms with E-state index in [2.05, 4.69) is 62.0 Å². The first-order valence-corrected chi connectivity index (χ1v) is 11.1. The van der Waals surface area contributed by atoms with Gasteiger partial charge in [0, 0.05) is 27.0 Å². The second kappa shape index (κ2) is 7.27. The average molecular weight is 485 g/mol. The normalized spacial score (nSPS) is 13.0. The topological polar surface area (TPSA) is 100 Å². The number of halogens is 1. The van der Waals surface area contributed by atoms with Gasteiger partial charge in [-0.25, -0.2) is 4.98 Å². The SMILES string of the molecule is NCC(=O)Nc1ccc2c(c1)c1ccccc1c1nc(C3=C[NH2+]c4ccc(Br)cc43)[nH]c21. The highest BCUT2D eigenvalue weighted by Gasteiger charge is 2.24. The second-order valence-corrected chi connectivity index (χ2v) is 8.76. The Labute approximate surface area is 191 Å². The molecule has 0 atom stereocenters. The van der Waals surface area contributed by atoms with Gasteiger partial charge in [0.1, 0.15) is 17.7 Å². The Morgan fingerprint density at radius 3 is 2.72 bits per heavy atom. The van der Waals surface area contributed by atoms with Gasteiger partial charge in [0.05, 0.1) is 28.7 Å². The molecular weight excluding hydrogens is 466 g/mol. The smallest absolute Gasteiger partial charge is 0.238 e. The largest absolute Gasteiger partial charge is 0.337 e. The highest BCUT2D eigenvalue weighted by atomic mass is 79.9. The molecule has 2 heterocycles. The van der Waals surface area contributed by atoms with Crippen LogP contribution in [-0.4, -0.2) is 22.4 Å². The Morgan fingerprint density at radius 2 is 1.88 bits per heavy atom. The molecule has 156 valence electrons. The average Bonchev–Trinajstić information content (AvgIpc) is 3.43. The lowest BCUT2D eigenvalue weighted by molar-refractivity contribution is -0.491. The minimum Gasteiger partial charge on any atom is -0.337 e. The number of aromatic amines is 1. The molecule has 1 amide bonds. The van der Waals surface area contributed by atoms with Crippen molar-refractivity contribution in [1.82, 2.24) is 9.97 Å². The van der Waals surface area contributed by atoms with Gasteiger partial charge < -0.3 is 16.0 Å². The van der Waals surface area contributed by atoms with Crippen molar-refractivity contribution in [3.05, 3.63) is 82.7 Å². The number of benzene rings is 4. The number of nitrogens with one attached hydrogen (secondary N) is 2. The maximum atomic E-state index is 11.8.